The van der Waals surface area contributed by atoms with Gasteiger partial charge in [-0.2, -0.15) is 4.98 Å². The SMILES string of the molecule is COc1ccc(O[C@@H](C)C(=O)OCc2noc(C(C)(C)C)n2)cc1. The number of esters is 1. The molecule has 0 fully saturated rings. The Morgan fingerprint density at radius 1 is 1.21 bits per heavy atom. The van der Waals surface area contributed by atoms with E-state index >= 15 is 0 Å². The van der Waals surface area contributed by atoms with Gasteiger partial charge >= 0.3 is 5.97 Å². The average Bonchev–Trinajstić information content (AvgIpc) is 3.02. The summed E-state index contributed by atoms with van der Waals surface area (Å²) in [5, 5.41) is 3.80. The van der Waals surface area contributed by atoms with Crippen LogP contribution < -0.4 is 9.47 Å². The molecule has 1 aromatic heterocycles. The van der Waals surface area contributed by atoms with Crippen LogP contribution in [0.2, 0.25) is 0 Å². The van der Waals surface area contributed by atoms with E-state index in [2.05, 4.69) is 10.1 Å². The molecule has 0 aliphatic heterocycles. The topological polar surface area (TPSA) is 83.7 Å². The molecule has 1 atom stereocenters. The quantitative estimate of drug-likeness (QED) is 0.751. The molecule has 0 aliphatic carbocycles. The second-order valence-corrected chi connectivity index (χ2v) is 6.31. The first-order valence-corrected chi connectivity index (χ1v) is 7.60. The second-order valence-electron chi connectivity index (χ2n) is 6.31. The van der Waals surface area contributed by atoms with Crippen molar-refractivity contribution in [2.24, 2.45) is 0 Å². The Bertz CT molecular complexity index is 673. The lowest BCUT2D eigenvalue weighted by molar-refractivity contribution is -0.152. The van der Waals surface area contributed by atoms with Gasteiger partial charge in [0.15, 0.2) is 12.7 Å². The maximum Gasteiger partial charge on any atom is 0.347 e. The van der Waals surface area contributed by atoms with Crippen molar-refractivity contribution >= 4 is 5.97 Å². The number of nitrogens with zero attached hydrogens (tertiary/aromatic N) is 2. The monoisotopic (exact) mass is 334 g/mol. The minimum absolute atomic E-state index is 0.0608. The lowest BCUT2D eigenvalue weighted by atomic mass is 9.97. The van der Waals surface area contributed by atoms with Crippen molar-refractivity contribution < 1.29 is 23.5 Å². The average molecular weight is 334 g/mol. The summed E-state index contributed by atoms with van der Waals surface area (Å²) < 4.78 is 20.9. The molecule has 1 heterocycles. The standard InChI is InChI=1S/C17H22N2O5/c1-11(23-13-8-6-12(21-5)7-9-13)15(20)22-10-14-18-16(24-19-14)17(2,3)4/h6-9,11H,10H2,1-5H3/t11-/m0/s1. The highest BCUT2D eigenvalue weighted by molar-refractivity contribution is 5.74. The van der Waals surface area contributed by atoms with E-state index in [4.69, 9.17) is 18.7 Å². The summed E-state index contributed by atoms with van der Waals surface area (Å²) in [6.45, 7) is 7.43. The van der Waals surface area contributed by atoms with Gasteiger partial charge in [-0.3, -0.25) is 0 Å². The first kappa shape index (κ1) is 17.8. The Morgan fingerprint density at radius 2 is 1.83 bits per heavy atom. The van der Waals surface area contributed by atoms with Crippen molar-refractivity contribution in [3.63, 3.8) is 0 Å². The minimum Gasteiger partial charge on any atom is -0.497 e. The van der Waals surface area contributed by atoms with Crippen LogP contribution in [-0.2, 0) is 21.6 Å². The van der Waals surface area contributed by atoms with Crippen LogP contribution >= 0.6 is 0 Å². The Hall–Kier alpha value is -2.57. The number of rotatable bonds is 6. The van der Waals surface area contributed by atoms with E-state index in [0.717, 1.165) is 0 Å². The van der Waals surface area contributed by atoms with Gasteiger partial charge in [0.2, 0.25) is 11.7 Å². The van der Waals surface area contributed by atoms with Gasteiger partial charge in [0.05, 0.1) is 7.11 Å². The zero-order chi connectivity index (χ0) is 17.7. The molecule has 0 saturated carbocycles. The van der Waals surface area contributed by atoms with Gasteiger partial charge in [-0.05, 0) is 31.2 Å². The smallest absolute Gasteiger partial charge is 0.347 e. The molecule has 0 spiro atoms. The predicted octanol–water partition coefficient (Wildman–Crippen LogP) is 2.89. The molecule has 24 heavy (non-hydrogen) atoms. The van der Waals surface area contributed by atoms with Crippen LogP contribution in [-0.4, -0.2) is 29.3 Å². The third-order valence-corrected chi connectivity index (χ3v) is 3.16. The summed E-state index contributed by atoms with van der Waals surface area (Å²) in [7, 11) is 1.58. The third kappa shape index (κ3) is 4.71. The fraction of sp³-hybridized carbons (Fsp3) is 0.471. The van der Waals surface area contributed by atoms with Gasteiger partial charge in [-0.15, -0.1) is 0 Å². The van der Waals surface area contributed by atoms with E-state index in [1.165, 1.54) is 0 Å². The fourth-order valence-corrected chi connectivity index (χ4v) is 1.78. The molecule has 0 N–H and O–H groups in total. The summed E-state index contributed by atoms with van der Waals surface area (Å²) in [6.07, 6.45) is -0.757. The number of hydrogen-bond acceptors (Lipinski definition) is 7. The Labute approximate surface area is 140 Å². The summed E-state index contributed by atoms with van der Waals surface area (Å²) >= 11 is 0. The Balaban J connectivity index is 1.86. The lowest BCUT2D eigenvalue weighted by Gasteiger charge is -2.13. The molecule has 7 nitrogen and oxygen atoms in total. The molecule has 1 aromatic carbocycles. The highest BCUT2D eigenvalue weighted by atomic mass is 16.6. The minimum atomic E-state index is -0.757. The van der Waals surface area contributed by atoms with E-state index in [1.807, 2.05) is 20.8 Å². The first-order chi connectivity index (χ1) is 11.3. The van der Waals surface area contributed by atoms with E-state index in [-0.39, 0.29) is 12.0 Å². The highest BCUT2D eigenvalue weighted by Gasteiger charge is 2.23. The van der Waals surface area contributed by atoms with E-state index in [0.29, 0.717) is 23.2 Å². The molecular formula is C17H22N2O5. The maximum absolute atomic E-state index is 12.0. The van der Waals surface area contributed by atoms with Crippen molar-refractivity contribution in [3.05, 3.63) is 36.0 Å². The molecule has 0 unspecified atom stereocenters. The summed E-state index contributed by atoms with van der Waals surface area (Å²) in [4.78, 5) is 16.2. The summed E-state index contributed by atoms with van der Waals surface area (Å²) in [6, 6.07) is 6.94. The molecule has 130 valence electrons. The number of benzene rings is 1. The Morgan fingerprint density at radius 3 is 2.38 bits per heavy atom. The van der Waals surface area contributed by atoms with Crippen LogP contribution in [0.1, 0.15) is 39.4 Å². The maximum atomic E-state index is 12.0. The van der Waals surface area contributed by atoms with Gasteiger partial charge in [-0.1, -0.05) is 25.9 Å². The van der Waals surface area contributed by atoms with Crippen molar-refractivity contribution in [3.8, 4) is 11.5 Å². The van der Waals surface area contributed by atoms with Crippen LogP contribution in [0, 0.1) is 0 Å². The zero-order valence-electron chi connectivity index (χ0n) is 14.5. The van der Waals surface area contributed by atoms with Gasteiger partial charge in [-0.25, -0.2) is 4.79 Å². The van der Waals surface area contributed by atoms with Crippen molar-refractivity contribution in [1.82, 2.24) is 10.1 Å². The molecule has 2 rings (SSSR count). The van der Waals surface area contributed by atoms with Gasteiger partial charge < -0.3 is 18.7 Å². The number of hydrogen-bond donors (Lipinski definition) is 0. The molecule has 0 aliphatic rings. The number of carbonyl (C=O) groups is 1. The van der Waals surface area contributed by atoms with Gasteiger partial charge in [0, 0.05) is 5.41 Å². The Kier molecular flexibility index (Phi) is 5.43. The molecule has 0 radical (unpaired) electrons. The first-order valence-electron chi connectivity index (χ1n) is 7.60. The van der Waals surface area contributed by atoms with Crippen molar-refractivity contribution in [1.29, 1.82) is 0 Å². The normalized spacial score (nSPS) is 12.5. The van der Waals surface area contributed by atoms with Crippen molar-refractivity contribution in [2.45, 2.75) is 45.8 Å². The predicted molar refractivity (Wildman–Crippen MR) is 85.9 cm³/mol. The zero-order valence-corrected chi connectivity index (χ0v) is 14.5. The largest absolute Gasteiger partial charge is 0.497 e. The summed E-state index contributed by atoms with van der Waals surface area (Å²) in [5.41, 5.74) is -0.250. The van der Waals surface area contributed by atoms with Crippen molar-refractivity contribution in [2.75, 3.05) is 7.11 Å². The molecule has 0 bridgehead atoms. The van der Waals surface area contributed by atoms with Gasteiger partial charge in [0.1, 0.15) is 11.5 Å². The highest BCUT2D eigenvalue weighted by Crippen LogP contribution is 2.20. The van der Waals surface area contributed by atoms with Crippen LogP contribution in [0.4, 0.5) is 0 Å². The number of methoxy groups -OCH3 is 1. The van der Waals surface area contributed by atoms with Crippen LogP contribution in [0.25, 0.3) is 0 Å². The van der Waals surface area contributed by atoms with Crippen LogP contribution in [0.3, 0.4) is 0 Å². The molecular weight excluding hydrogens is 312 g/mol. The fourth-order valence-electron chi connectivity index (χ4n) is 1.78. The number of aromatic nitrogens is 2. The molecule has 0 amide bonds. The third-order valence-electron chi connectivity index (χ3n) is 3.16. The van der Waals surface area contributed by atoms with Crippen LogP contribution in [0.5, 0.6) is 11.5 Å². The van der Waals surface area contributed by atoms with Crippen LogP contribution in [0.15, 0.2) is 28.8 Å². The number of carbonyl (C=O) groups excluding carboxylic acids is 1. The van der Waals surface area contributed by atoms with E-state index < -0.39 is 12.1 Å². The molecule has 2 aromatic rings. The molecule has 0 saturated heterocycles. The van der Waals surface area contributed by atoms with Gasteiger partial charge in [0.25, 0.3) is 0 Å². The van der Waals surface area contributed by atoms with E-state index in [9.17, 15) is 4.79 Å². The molecule has 7 heteroatoms. The number of ether oxygens (including phenoxy) is 3. The summed E-state index contributed by atoms with van der Waals surface area (Å²) in [5.74, 6) is 1.58. The lowest BCUT2D eigenvalue weighted by Crippen LogP contribution is -2.26. The second kappa shape index (κ2) is 7.33. The van der Waals surface area contributed by atoms with E-state index in [1.54, 1.807) is 38.3 Å².